The number of nitrogens with zero attached hydrogens (tertiary/aromatic N) is 1. The highest BCUT2D eigenvalue weighted by Gasteiger charge is 2.23. The number of hydrogen-bond donors (Lipinski definition) is 1. The number of benzene rings is 1. The molecule has 0 atom stereocenters. The van der Waals surface area contributed by atoms with Gasteiger partial charge in [-0.3, -0.25) is 0 Å². The maximum absolute atomic E-state index is 6.04. The van der Waals surface area contributed by atoms with Crippen LogP contribution < -0.4 is 5.32 Å². The molecule has 1 aliphatic rings. The van der Waals surface area contributed by atoms with E-state index in [4.69, 9.17) is 16.6 Å². The van der Waals surface area contributed by atoms with Crippen LogP contribution in [-0.2, 0) is 13.0 Å². The molecule has 3 rings (SSSR count). The molecule has 0 saturated carbocycles. The van der Waals surface area contributed by atoms with Crippen LogP contribution in [0.25, 0.3) is 11.3 Å². The van der Waals surface area contributed by atoms with E-state index in [2.05, 4.69) is 38.2 Å². The minimum absolute atomic E-state index is 0.127. The molecule has 1 N–H and O–H groups in total. The lowest BCUT2D eigenvalue weighted by molar-refractivity contribution is 0.424. The summed E-state index contributed by atoms with van der Waals surface area (Å²) in [5.74, 6) is 0. The molecule has 0 radical (unpaired) electrons. The van der Waals surface area contributed by atoms with Gasteiger partial charge in [0.05, 0.1) is 5.69 Å². The summed E-state index contributed by atoms with van der Waals surface area (Å²) in [6, 6.07) is 6.09. The second-order valence-electron chi connectivity index (χ2n) is 5.96. The van der Waals surface area contributed by atoms with Gasteiger partial charge in [0.25, 0.3) is 0 Å². The van der Waals surface area contributed by atoms with E-state index in [1.54, 1.807) is 0 Å². The first-order valence-corrected chi connectivity index (χ1v) is 7.64. The van der Waals surface area contributed by atoms with Crippen molar-refractivity contribution < 1.29 is 0 Å². The zero-order chi connectivity index (χ0) is 13.6. The van der Waals surface area contributed by atoms with Gasteiger partial charge in [0, 0.05) is 34.0 Å². The maximum Gasteiger partial charge on any atom is 0.107 e. The first kappa shape index (κ1) is 13.1. The van der Waals surface area contributed by atoms with Crippen molar-refractivity contribution in [2.45, 2.75) is 39.3 Å². The highest BCUT2D eigenvalue weighted by molar-refractivity contribution is 7.12. The van der Waals surface area contributed by atoms with Crippen LogP contribution in [0.5, 0.6) is 0 Å². The summed E-state index contributed by atoms with van der Waals surface area (Å²) in [5, 5.41) is 5.46. The Hall–Kier alpha value is -0.900. The molecule has 0 unspecified atom stereocenters. The fraction of sp³-hybridized carbons (Fsp3) is 0.400. The molecule has 19 heavy (non-hydrogen) atoms. The Kier molecular flexibility index (Phi) is 3.16. The van der Waals surface area contributed by atoms with Gasteiger partial charge in [-0.05, 0) is 38.5 Å². The zero-order valence-electron chi connectivity index (χ0n) is 11.4. The predicted octanol–water partition coefficient (Wildman–Crippen LogP) is 4.26. The molecule has 1 aliphatic carbocycles. The number of hydrogen-bond acceptors (Lipinski definition) is 3. The molecule has 1 heterocycles. The van der Waals surface area contributed by atoms with Gasteiger partial charge < -0.3 is 5.32 Å². The van der Waals surface area contributed by atoms with E-state index in [-0.39, 0.29) is 5.54 Å². The van der Waals surface area contributed by atoms with Gasteiger partial charge in [-0.2, -0.15) is 0 Å². The second kappa shape index (κ2) is 4.58. The van der Waals surface area contributed by atoms with E-state index in [1.165, 1.54) is 21.0 Å². The summed E-state index contributed by atoms with van der Waals surface area (Å²) < 4.78 is 0. The summed E-state index contributed by atoms with van der Waals surface area (Å²) in [7, 11) is 0. The third kappa shape index (κ3) is 2.69. The molecule has 1 aromatic carbocycles. The first-order chi connectivity index (χ1) is 8.92. The average molecular weight is 293 g/mol. The number of rotatable bonds is 2. The summed E-state index contributed by atoms with van der Waals surface area (Å²) in [6.45, 7) is 7.35. The van der Waals surface area contributed by atoms with Crippen molar-refractivity contribution in [3.63, 3.8) is 0 Å². The van der Waals surface area contributed by atoms with Crippen molar-refractivity contribution in [2.24, 2.45) is 0 Å². The molecule has 0 aliphatic heterocycles. The van der Waals surface area contributed by atoms with Crippen LogP contribution in [0.2, 0.25) is 5.02 Å². The fourth-order valence-electron chi connectivity index (χ4n) is 2.26. The van der Waals surface area contributed by atoms with Crippen LogP contribution in [0, 0.1) is 0 Å². The van der Waals surface area contributed by atoms with Crippen LogP contribution in [0.3, 0.4) is 0 Å². The molecular weight excluding hydrogens is 276 g/mol. The van der Waals surface area contributed by atoms with Crippen LogP contribution >= 0.6 is 22.9 Å². The van der Waals surface area contributed by atoms with E-state index < -0.39 is 0 Å². The quantitative estimate of drug-likeness (QED) is 0.763. The number of halogens is 1. The Bertz CT molecular complexity index is 626. The number of fused-ring (bicyclic) bond motifs is 3. The van der Waals surface area contributed by atoms with Crippen LogP contribution in [-0.4, -0.2) is 10.5 Å². The summed E-state index contributed by atoms with van der Waals surface area (Å²) >= 11 is 7.85. The topological polar surface area (TPSA) is 24.9 Å². The lowest BCUT2D eigenvalue weighted by Gasteiger charge is -2.19. The lowest BCUT2D eigenvalue weighted by Crippen LogP contribution is -2.35. The van der Waals surface area contributed by atoms with Crippen LogP contribution in [0.1, 0.15) is 36.2 Å². The van der Waals surface area contributed by atoms with Crippen LogP contribution in [0.4, 0.5) is 0 Å². The van der Waals surface area contributed by atoms with E-state index in [0.717, 1.165) is 23.7 Å². The average Bonchev–Trinajstić information content (AvgIpc) is 2.81. The normalized spacial score (nSPS) is 13.5. The Morgan fingerprint density at radius 3 is 2.89 bits per heavy atom. The van der Waals surface area contributed by atoms with E-state index in [9.17, 15) is 0 Å². The van der Waals surface area contributed by atoms with E-state index in [1.807, 2.05) is 17.4 Å². The number of aromatic nitrogens is 1. The molecule has 0 amide bonds. The molecule has 4 heteroatoms. The molecule has 2 nitrogen and oxygen atoms in total. The number of nitrogens with one attached hydrogen (secondary N) is 1. The monoisotopic (exact) mass is 292 g/mol. The Balaban J connectivity index is 1.85. The van der Waals surface area contributed by atoms with E-state index in [0.29, 0.717) is 0 Å². The highest BCUT2D eigenvalue weighted by Crippen LogP contribution is 2.40. The van der Waals surface area contributed by atoms with Crippen molar-refractivity contribution in [1.29, 1.82) is 0 Å². The zero-order valence-corrected chi connectivity index (χ0v) is 13.0. The van der Waals surface area contributed by atoms with Crippen molar-refractivity contribution in [1.82, 2.24) is 10.3 Å². The largest absolute Gasteiger partial charge is 0.306 e. The molecule has 0 saturated heterocycles. The predicted molar refractivity (Wildman–Crippen MR) is 82.0 cm³/mol. The molecule has 0 bridgehead atoms. The lowest BCUT2D eigenvalue weighted by atomic mass is 10.1. The fourth-order valence-corrected chi connectivity index (χ4v) is 3.50. The molecular formula is C15H17ClN2S. The maximum atomic E-state index is 6.04. The first-order valence-electron chi connectivity index (χ1n) is 6.45. The molecule has 0 fully saturated rings. The van der Waals surface area contributed by atoms with Crippen molar-refractivity contribution >= 4 is 22.9 Å². The van der Waals surface area contributed by atoms with Crippen molar-refractivity contribution in [3.05, 3.63) is 38.7 Å². The van der Waals surface area contributed by atoms with Crippen molar-refractivity contribution in [3.8, 4) is 11.3 Å². The molecule has 2 aromatic rings. The Morgan fingerprint density at radius 2 is 2.16 bits per heavy atom. The van der Waals surface area contributed by atoms with E-state index >= 15 is 0 Å². The van der Waals surface area contributed by atoms with Gasteiger partial charge in [-0.15, -0.1) is 11.3 Å². The van der Waals surface area contributed by atoms with Gasteiger partial charge in [-0.25, -0.2) is 4.98 Å². The van der Waals surface area contributed by atoms with Gasteiger partial charge in [0.2, 0.25) is 0 Å². The van der Waals surface area contributed by atoms with Gasteiger partial charge in [-0.1, -0.05) is 17.7 Å². The molecule has 0 spiro atoms. The van der Waals surface area contributed by atoms with Gasteiger partial charge in [0.1, 0.15) is 5.01 Å². The minimum atomic E-state index is 0.127. The van der Waals surface area contributed by atoms with Gasteiger partial charge >= 0.3 is 0 Å². The third-order valence-electron chi connectivity index (χ3n) is 3.18. The SMILES string of the molecule is CC(C)(C)NCc1nc2c(s1)Cc1cc(Cl)ccc1-2. The van der Waals surface area contributed by atoms with Crippen molar-refractivity contribution in [2.75, 3.05) is 0 Å². The third-order valence-corrected chi connectivity index (χ3v) is 4.48. The highest BCUT2D eigenvalue weighted by atomic mass is 35.5. The molecule has 100 valence electrons. The molecule has 1 aromatic heterocycles. The van der Waals surface area contributed by atoms with Gasteiger partial charge in [0.15, 0.2) is 0 Å². The summed E-state index contributed by atoms with van der Waals surface area (Å²) in [6.07, 6.45) is 0.971. The summed E-state index contributed by atoms with van der Waals surface area (Å²) in [5.41, 5.74) is 3.83. The Labute approximate surface area is 122 Å². The standard InChI is InChI=1S/C15H17ClN2S/c1-15(2,3)17-8-13-18-14-11-5-4-10(16)6-9(11)7-12(14)19-13/h4-6,17H,7-8H2,1-3H3. The second-order valence-corrected chi connectivity index (χ2v) is 7.57. The number of thiazole rings is 1. The summed E-state index contributed by atoms with van der Waals surface area (Å²) in [4.78, 5) is 6.14. The van der Waals surface area contributed by atoms with Crippen LogP contribution in [0.15, 0.2) is 18.2 Å². The minimum Gasteiger partial charge on any atom is -0.306 e. The Morgan fingerprint density at radius 1 is 1.37 bits per heavy atom. The smallest absolute Gasteiger partial charge is 0.107 e.